The van der Waals surface area contributed by atoms with Crippen molar-refractivity contribution >= 4 is 0 Å². The molecule has 0 saturated carbocycles. The predicted octanol–water partition coefficient (Wildman–Crippen LogP) is 1.74. The van der Waals surface area contributed by atoms with Gasteiger partial charge < -0.3 is 4.90 Å². The van der Waals surface area contributed by atoms with E-state index in [4.69, 9.17) is 0 Å². The van der Waals surface area contributed by atoms with Gasteiger partial charge in [-0.25, -0.2) is 0 Å². The summed E-state index contributed by atoms with van der Waals surface area (Å²) in [6, 6.07) is 0. The number of rotatable bonds is 0. The lowest BCUT2D eigenvalue weighted by Gasteiger charge is -2.21. The summed E-state index contributed by atoms with van der Waals surface area (Å²) in [5, 5.41) is 4.48. The van der Waals surface area contributed by atoms with Crippen LogP contribution in [0, 0.1) is 6.92 Å². The fourth-order valence-corrected chi connectivity index (χ4v) is 1.77. The number of aromatic nitrogens is 2. The molecule has 0 aliphatic carbocycles. The first-order valence-electron chi connectivity index (χ1n) is 5.38. The van der Waals surface area contributed by atoms with Crippen molar-refractivity contribution in [1.82, 2.24) is 14.7 Å². The highest BCUT2D eigenvalue weighted by Gasteiger charge is 2.18. The Hall–Kier alpha value is -0.830. The number of likely N-dealkylation sites (N-methyl/N-ethyl adjacent to an activating group) is 1. The smallest absolute Gasteiger partial charge is 0.0685 e. The van der Waals surface area contributed by atoms with Gasteiger partial charge in [0.15, 0.2) is 0 Å². The molecular weight excluding hydrogens is 174 g/mol. The van der Waals surface area contributed by atoms with Crippen molar-refractivity contribution in [2.24, 2.45) is 7.05 Å². The summed E-state index contributed by atoms with van der Waals surface area (Å²) in [5.74, 6) is 0. The predicted molar refractivity (Wildman–Crippen MR) is 59.3 cm³/mol. The zero-order chi connectivity index (χ0) is 10.7. The Morgan fingerprint density at radius 2 is 1.86 bits per heavy atom. The van der Waals surface area contributed by atoms with Crippen LogP contribution in [-0.4, -0.2) is 28.3 Å². The standard InChI is InChI=1S/C9H15N3.C2H6/c1-7-8-6-11(2)5-4-9(8)10-12(7)3;1-2/h4-6H2,1-3H3;1-2H3. The van der Waals surface area contributed by atoms with E-state index in [0.717, 1.165) is 19.5 Å². The minimum Gasteiger partial charge on any atom is -0.302 e. The van der Waals surface area contributed by atoms with Crippen LogP contribution in [0.4, 0.5) is 0 Å². The van der Waals surface area contributed by atoms with E-state index < -0.39 is 0 Å². The van der Waals surface area contributed by atoms with Gasteiger partial charge in [0.2, 0.25) is 0 Å². The molecule has 1 aromatic rings. The Morgan fingerprint density at radius 1 is 1.21 bits per heavy atom. The van der Waals surface area contributed by atoms with E-state index in [0.29, 0.717) is 0 Å². The number of nitrogens with zero attached hydrogens (tertiary/aromatic N) is 3. The second-order valence-electron chi connectivity index (χ2n) is 3.62. The van der Waals surface area contributed by atoms with Gasteiger partial charge in [0.1, 0.15) is 0 Å². The van der Waals surface area contributed by atoms with Crippen molar-refractivity contribution in [3.05, 3.63) is 17.0 Å². The summed E-state index contributed by atoms with van der Waals surface area (Å²) in [7, 11) is 4.18. The Morgan fingerprint density at radius 3 is 2.50 bits per heavy atom. The van der Waals surface area contributed by atoms with Crippen LogP contribution in [0.2, 0.25) is 0 Å². The Balaban J connectivity index is 0.000000461. The number of hydrogen-bond acceptors (Lipinski definition) is 2. The topological polar surface area (TPSA) is 21.1 Å². The maximum atomic E-state index is 4.48. The third kappa shape index (κ3) is 1.98. The Kier molecular flexibility index (Phi) is 3.69. The molecule has 3 nitrogen and oxygen atoms in total. The van der Waals surface area contributed by atoms with E-state index in [1.54, 1.807) is 0 Å². The minimum atomic E-state index is 1.06. The molecule has 1 aliphatic heterocycles. The van der Waals surface area contributed by atoms with Gasteiger partial charge >= 0.3 is 0 Å². The third-order valence-electron chi connectivity index (χ3n) is 2.70. The van der Waals surface area contributed by atoms with Gasteiger partial charge in [0.05, 0.1) is 5.69 Å². The van der Waals surface area contributed by atoms with Gasteiger partial charge in [0.25, 0.3) is 0 Å². The largest absolute Gasteiger partial charge is 0.302 e. The molecule has 0 spiro atoms. The molecule has 1 aromatic heterocycles. The summed E-state index contributed by atoms with van der Waals surface area (Å²) in [4.78, 5) is 2.34. The third-order valence-corrected chi connectivity index (χ3v) is 2.70. The van der Waals surface area contributed by atoms with Crippen molar-refractivity contribution in [3.8, 4) is 0 Å². The zero-order valence-corrected chi connectivity index (χ0v) is 9.96. The van der Waals surface area contributed by atoms with Gasteiger partial charge in [0, 0.05) is 37.8 Å². The summed E-state index contributed by atoms with van der Waals surface area (Å²) in [5.41, 5.74) is 4.05. The molecule has 2 rings (SSSR count). The molecule has 2 heterocycles. The van der Waals surface area contributed by atoms with Crippen molar-refractivity contribution in [3.63, 3.8) is 0 Å². The maximum absolute atomic E-state index is 4.48. The number of aryl methyl sites for hydroxylation is 1. The van der Waals surface area contributed by atoms with E-state index in [1.807, 2.05) is 25.6 Å². The summed E-state index contributed by atoms with van der Waals surface area (Å²) in [6.45, 7) is 8.35. The van der Waals surface area contributed by atoms with Crippen molar-refractivity contribution < 1.29 is 0 Å². The average molecular weight is 195 g/mol. The highest BCUT2D eigenvalue weighted by molar-refractivity contribution is 5.27. The minimum absolute atomic E-state index is 1.06. The summed E-state index contributed by atoms with van der Waals surface area (Å²) < 4.78 is 1.99. The van der Waals surface area contributed by atoms with Gasteiger partial charge in [-0.15, -0.1) is 0 Å². The highest BCUT2D eigenvalue weighted by atomic mass is 15.3. The van der Waals surface area contributed by atoms with E-state index in [-0.39, 0.29) is 0 Å². The molecule has 0 N–H and O–H groups in total. The van der Waals surface area contributed by atoms with Crippen LogP contribution in [0.5, 0.6) is 0 Å². The molecule has 0 aromatic carbocycles. The fourth-order valence-electron chi connectivity index (χ4n) is 1.77. The molecule has 0 radical (unpaired) electrons. The Bertz CT molecular complexity index is 302. The highest BCUT2D eigenvalue weighted by Crippen LogP contribution is 2.19. The molecule has 0 bridgehead atoms. The fraction of sp³-hybridized carbons (Fsp3) is 0.727. The molecular formula is C11H21N3. The van der Waals surface area contributed by atoms with Crippen LogP contribution < -0.4 is 0 Å². The molecule has 0 saturated heterocycles. The normalized spacial score (nSPS) is 15.8. The zero-order valence-electron chi connectivity index (χ0n) is 9.96. The summed E-state index contributed by atoms with van der Waals surface area (Å²) in [6.07, 6.45) is 1.10. The van der Waals surface area contributed by atoms with Crippen molar-refractivity contribution in [1.29, 1.82) is 0 Å². The molecule has 1 aliphatic rings. The van der Waals surface area contributed by atoms with Crippen LogP contribution in [-0.2, 0) is 20.0 Å². The van der Waals surface area contributed by atoms with Gasteiger partial charge in [-0.3, -0.25) is 4.68 Å². The Labute approximate surface area is 86.7 Å². The molecule has 14 heavy (non-hydrogen) atoms. The summed E-state index contributed by atoms with van der Waals surface area (Å²) >= 11 is 0. The van der Waals surface area contributed by atoms with Gasteiger partial charge in [-0.1, -0.05) is 13.8 Å². The van der Waals surface area contributed by atoms with Crippen molar-refractivity contribution in [2.45, 2.75) is 33.7 Å². The molecule has 0 fully saturated rings. The van der Waals surface area contributed by atoms with E-state index >= 15 is 0 Å². The van der Waals surface area contributed by atoms with E-state index in [1.165, 1.54) is 17.0 Å². The lowest BCUT2D eigenvalue weighted by molar-refractivity contribution is 0.311. The van der Waals surface area contributed by atoms with Crippen LogP contribution in [0.15, 0.2) is 0 Å². The average Bonchev–Trinajstić information content (AvgIpc) is 2.48. The quantitative estimate of drug-likeness (QED) is 0.629. The van der Waals surface area contributed by atoms with Gasteiger partial charge in [-0.2, -0.15) is 5.10 Å². The second-order valence-corrected chi connectivity index (χ2v) is 3.62. The van der Waals surface area contributed by atoms with E-state index in [9.17, 15) is 0 Å². The number of fused-ring (bicyclic) bond motifs is 1. The molecule has 0 atom stereocenters. The SMILES string of the molecule is CC.Cc1c2c(nn1C)CCN(C)C2. The first kappa shape index (κ1) is 11.2. The monoisotopic (exact) mass is 195 g/mol. The second kappa shape index (κ2) is 4.60. The van der Waals surface area contributed by atoms with Crippen LogP contribution in [0.1, 0.15) is 30.8 Å². The lowest BCUT2D eigenvalue weighted by atomic mass is 10.1. The lowest BCUT2D eigenvalue weighted by Crippen LogP contribution is -2.26. The molecule has 80 valence electrons. The van der Waals surface area contributed by atoms with Crippen LogP contribution in [0.3, 0.4) is 0 Å². The van der Waals surface area contributed by atoms with Crippen molar-refractivity contribution in [2.75, 3.05) is 13.6 Å². The van der Waals surface area contributed by atoms with Crippen LogP contribution in [0.25, 0.3) is 0 Å². The molecule has 0 amide bonds. The van der Waals surface area contributed by atoms with Crippen LogP contribution >= 0.6 is 0 Å². The first-order valence-corrected chi connectivity index (χ1v) is 5.38. The molecule has 0 unspecified atom stereocenters. The number of hydrogen-bond donors (Lipinski definition) is 0. The van der Waals surface area contributed by atoms with E-state index in [2.05, 4.69) is 24.0 Å². The molecule has 3 heteroatoms. The first-order chi connectivity index (χ1) is 6.68. The van der Waals surface area contributed by atoms with Gasteiger partial charge in [-0.05, 0) is 14.0 Å². The maximum Gasteiger partial charge on any atom is 0.0685 e.